The maximum Gasteiger partial charge on any atom is 0.168 e. The fourth-order valence-corrected chi connectivity index (χ4v) is 1.20. The molecule has 3 nitrogen and oxygen atoms in total. The van der Waals surface area contributed by atoms with E-state index in [9.17, 15) is 4.39 Å². The Kier molecular flexibility index (Phi) is 11.4. The molecule has 1 rings (SSSR count). The highest BCUT2D eigenvalue weighted by molar-refractivity contribution is 7.80. The molecule has 1 aromatic rings. The highest BCUT2D eigenvalue weighted by atomic mass is 32.1. The molecule has 18 heavy (non-hydrogen) atoms. The van der Waals surface area contributed by atoms with Crippen molar-refractivity contribution in [2.75, 3.05) is 12.4 Å². The summed E-state index contributed by atoms with van der Waals surface area (Å²) in [5.41, 5.74) is 6.20. The Bertz CT molecular complexity index is 370. The molecule has 0 aliphatic rings. The molecule has 0 aromatic heterocycles. The highest BCUT2D eigenvalue weighted by Gasteiger charge is 2.07. The number of methoxy groups -OCH3 is 1. The van der Waals surface area contributed by atoms with Crippen molar-refractivity contribution in [1.82, 2.24) is 0 Å². The molecule has 0 radical (unpaired) electrons. The van der Waals surface area contributed by atoms with Gasteiger partial charge in [-0.05, 0) is 25.2 Å². The molecule has 104 valence electrons. The lowest BCUT2D eigenvalue weighted by molar-refractivity contribution is 0.407. The van der Waals surface area contributed by atoms with Gasteiger partial charge in [-0.2, -0.15) is 0 Å². The molecular formula is C13H23FN2OS. The van der Waals surface area contributed by atoms with Crippen molar-refractivity contribution in [3.63, 3.8) is 0 Å². The summed E-state index contributed by atoms with van der Waals surface area (Å²) < 4.78 is 18.3. The monoisotopic (exact) mass is 274 g/mol. The van der Waals surface area contributed by atoms with Crippen molar-refractivity contribution in [2.45, 2.75) is 34.6 Å². The molecule has 0 unspecified atom stereocenters. The van der Waals surface area contributed by atoms with Crippen LogP contribution in [0.25, 0.3) is 0 Å². The number of nitrogens with two attached hydrogens (primary N) is 1. The summed E-state index contributed by atoms with van der Waals surface area (Å²) in [6.45, 7) is 9.64. The zero-order chi connectivity index (χ0) is 14.7. The average molecular weight is 274 g/mol. The van der Waals surface area contributed by atoms with E-state index in [1.165, 1.54) is 13.2 Å². The van der Waals surface area contributed by atoms with Crippen LogP contribution < -0.4 is 15.8 Å². The number of anilines is 1. The number of thiocarbonyl (C=S) groups is 1. The molecule has 0 saturated carbocycles. The second kappa shape index (κ2) is 10.8. The number of rotatable bonds is 2. The van der Waals surface area contributed by atoms with Crippen LogP contribution >= 0.6 is 12.2 Å². The van der Waals surface area contributed by atoms with Crippen molar-refractivity contribution in [1.29, 1.82) is 0 Å². The van der Waals surface area contributed by atoms with Crippen LogP contribution in [0.1, 0.15) is 33.3 Å². The van der Waals surface area contributed by atoms with Crippen molar-refractivity contribution in [3.05, 3.63) is 23.5 Å². The van der Waals surface area contributed by atoms with E-state index >= 15 is 0 Å². The third-order valence-electron chi connectivity index (χ3n) is 1.78. The Labute approximate surface area is 115 Å². The van der Waals surface area contributed by atoms with Gasteiger partial charge >= 0.3 is 0 Å². The van der Waals surface area contributed by atoms with Gasteiger partial charge in [0, 0.05) is 17.3 Å². The van der Waals surface area contributed by atoms with E-state index in [0.29, 0.717) is 17.0 Å². The molecular weight excluding hydrogens is 251 g/mol. The van der Waals surface area contributed by atoms with Gasteiger partial charge < -0.3 is 15.8 Å². The number of ether oxygens (including phenoxy) is 1. The van der Waals surface area contributed by atoms with Gasteiger partial charge in [0.1, 0.15) is 11.6 Å². The first-order valence-electron chi connectivity index (χ1n) is 5.95. The summed E-state index contributed by atoms with van der Waals surface area (Å²) in [4.78, 5) is 0. The Balaban J connectivity index is 0. The maximum atomic E-state index is 13.3. The van der Waals surface area contributed by atoms with E-state index in [2.05, 4.69) is 17.5 Å². The number of benzene rings is 1. The van der Waals surface area contributed by atoms with E-state index in [1.807, 2.05) is 27.7 Å². The number of hydrogen-bond donors (Lipinski definition) is 2. The highest BCUT2D eigenvalue weighted by Crippen LogP contribution is 2.25. The Hall–Kier alpha value is -1.36. The molecule has 0 fully saturated rings. The lowest BCUT2D eigenvalue weighted by Crippen LogP contribution is -2.19. The van der Waals surface area contributed by atoms with Crippen LogP contribution in [-0.4, -0.2) is 12.2 Å². The molecule has 0 aliphatic heterocycles. The second-order valence-electron chi connectivity index (χ2n) is 2.77. The average Bonchev–Trinajstić information content (AvgIpc) is 2.37. The molecule has 5 heteroatoms. The smallest absolute Gasteiger partial charge is 0.168 e. The summed E-state index contributed by atoms with van der Waals surface area (Å²) in [6, 6.07) is 2.95. The topological polar surface area (TPSA) is 47.3 Å². The molecule has 0 amide bonds. The zero-order valence-corrected chi connectivity index (χ0v) is 12.7. The van der Waals surface area contributed by atoms with Crippen LogP contribution in [0.2, 0.25) is 0 Å². The molecule has 0 heterocycles. The Morgan fingerprint density at radius 1 is 1.28 bits per heavy atom. The van der Waals surface area contributed by atoms with E-state index in [4.69, 9.17) is 10.5 Å². The first-order chi connectivity index (χ1) is 8.54. The SMILES string of the molecule is CC.CC.COc1cc(NC(N)=S)cc(F)c1C. The minimum absolute atomic E-state index is 0.0929. The van der Waals surface area contributed by atoms with Gasteiger partial charge in [-0.15, -0.1) is 0 Å². The van der Waals surface area contributed by atoms with Gasteiger partial charge in [0.2, 0.25) is 0 Å². The minimum Gasteiger partial charge on any atom is -0.496 e. The molecule has 0 saturated heterocycles. The number of nitrogens with one attached hydrogen (secondary N) is 1. The van der Waals surface area contributed by atoms with Crippen molar-refractivity contribution < 1.29 is 9.13 Å². The Morgan fingerprint density at radius 3 is 2.17 bits per heavy atom. The van der Waals surface area contributed by atoms with E-state index in [-0.39, 0.29) is 10.9 Å². The van der Waals surface area contributed by atoms with Crippen LogP contribution in [0.3, 0.4) is 0 Å². The molecule has 0 bridgehead atoms. The van der Waals surface area contributed by atoms with Crippen LogP contribution in [0.5, 0.6) is 5.75 Å². The van der Waals surface area contributed by atoms with Gasteiger partial charge in [0.25, 0.3) is 0 Å². The van der Waals surface area contributed by atoms with Crippen molar-refractivity contribution in [2.24, 2.45) is 5.73 Å². The fourth-order valence-electron chi connectivity index (χ4n) is 1.08. The third kappa shape index (κ3) is 6.39. The van der Waals surface area contributed by atoms with Gasteiger partial charge in [-0.1, -0.05) is 27.7 Å². The molecule has 3 N–H and O–H groups in total. The zero-order valence-electron chi connectivity index (χ0n) is 11.9. The lowest BCUT2D eigenvalue weighted by atomic mass is 10.2. The van der Waals surface area contributed by atoms with Crippen molar-refractivity contribution in [3.8, 4) is 5.75 Å². The van der Waals surface area contributed by atoms with Gasteiger partial charge in [0.15, 0.2) is 5.11 Å². The number of hydrogen-bond acceptors (Lipinski definition) is 2. The molecule has 0 spiro atoms. The normalized spacial score (nSPS) is 8.17. The summed E-state index contributed by atoms with van der Waals surface area (Å²) in [6.07, 6.45) is 0. The standard InChI is InChI=1S/C9H11FN2OS.2C2H6/c1-5-7(10)3-6(12-9(11)14)4-8(5)13-2;2*1-2/h3-4H,1-2H3,(H3,11,12,14);2*1-2H3. The fraction of sp³-hybridized carbons (Fsp3) is 0.462. The second-order valence-corrected chi connectivity index (χ2v) is 3.21. The van der Waals surface area contributed by atoms with Crippen LogP contribution in [0.15, 0.2) is 12.1 Å². The third-order valence-corrected chi connectivity index (χ3v) is 1.89. The van der Waals surface area contributed by atoms with E-state index < -0.39 is 0 Å². The Morgan fingerprint density at radius 2 is 1.78 bits per heavy atom. The number of halogens is 1. The van der Waals surface area contributed by atoms with E-state index in [1.54, 1.807) is 13.0 Å². The van der Waals surface area contributed by atoms with Gasteiger partial charge in [-0.25, -0.2) is 4.39 Å². The summed E-state index contributed by atoms with van der Waals surface area (Å²) in [7, 11) is 1.48. The molecule has 0 atom stereocenters. The quantitative estimate of drug-likeness (QED) is 0.804. The van der Waals surface area contributed by atoms with Crippen LogP contribution in [-0.2, 0) is 0 Å². The summed E-state index contributed by atoms with van der Waals surface area (Å²) in [5.74, 6) is 0.104. The summed E-state index contributed by atoms with van der Waals surface area (Å²) in [5, 5.41) is 2.73. The maximum absolute atomic E-state index is 13.3. The molecule has 0 aliphatic carbocycles. The van der Waals surface area contributed by atoms with Gasteiger partial charge in [0.05, 0.1) is 7.11 Å². The minimum atomic E-state index is -0.358. The van der Waals surface area contributed by atoms with Crippen molar-refractivity contribution >= 4 is 23.0 Å². The molecule has 1 aromatic carbocycles. The van der Waals surface area contributed by atoms with Crippen LogP contribution in [0.4, 0.5) is 10.1 Å². The largest absolute Gasteiger partial charge is 0.496 e. The summed E-state index contributed by atoms with van der Waals surface area (Å²) >= 11 is 4.64. The lowest BCUT2D eigenvalue weighted by Gasteiger charge is -2.09. The van der Waals surface area contributed by atoms with E-state index in [0.717, 1.165) is 0 Å². The van der Waals surface area contributed by atoms with Crippen LogP contribution in [0, 0.1) is 12.7 Å². The first kappa shape index (κ1) is 19.0. The van der Waals surface area contributed by atoms with Gasteiger partial charge in [-0.3, -0.25) is 0 Å². The predicted molar refractivity (Wildman–Crippen MR) is 80.8 cm³/mol. The predicted octanol–water partition coefficient (Wildman–Crippen LogP) is 3.85. The first-order valence-corrected chi connectivity index (χ1v) is 6.36.